The van der Waals surface area contributed by atoms with Gasteiger partial charge in [-0.15, -0.1) is 0 Å². The third-order valence-corrected chi connectivity index (χ3v) is 4.47. The van der Waals surface area contributed by atoms with Crippen LogP contribution in [0.5, 0.6) is 0 Å². The van der Waals surface area contributed by atoms with Crippen molar-refractivity contribution in [2.75, 3.05) is 6.54 Å². The SMILES string of the molecule is O=C(NCC1=NOC(Cc2ccccc2)(C(=O)O)C1)c1cccc(C(F)(F)F)c1. The molecule has 2 aromatic carbocycles. The van der Waals surface area contributed by atoms with Crippen LogP contribution in [0.15, 0.2) is 59.8 Å². The Kier molecular flexibility index (Phi) is 5.58. The lowest BCUT2D eigenvalue weighted by atomic mass is 9.90. The topological polar surface area (TPSA) is 88.0 Å². The maximum atomic E-state index is 12.8. The molecule has 0 radical (unpaired) electrons. The number of carboxylic acids is 1. The van der Waals surface area contributed by atoms with Gasteiger partial charge in [0.15, 0.2) is 0 Å². The number of carbonyl (C=O) groups is 2. The summed E-state index contributed by atoms with van der Waals surface area (Å²) >= 11 is 0. The van der Waals surface area contributed by atoms with Crippen LogP contribution in [-0.4, -0.2) is 34.8 Å². The minimum Gasteiger partial charge on any atom is -0.478 e. The van der Waals surface area contributed by atoms with E-state index < -0.39 is 29.2 Å². The number of carboxylic acid groups (broad SMARTS) is 1. The van der Waals surface area contributed by atoms with E-state index in [9.17, 15) is 27.9 Å². The van der Waals surface area contributed by atoms with E-state index in [-0.39, 0.29) is 30.7 Å². The average molecular weight is 406 g/mol. The molecular formula is C20H17F3N2O4. The highest BCUT2D eigenvalue weighted by atomic mass is 19.4. The molecule has 152 valence electrons. The number of nitrogens with zero attached hydrogens (tertiary/aromatic N) is 1. The lowest BCUT2D eigenvalue weighted by molar-refractivity contribution is -0.162. The Morgan fingerprint density at radius 2 is 1.86 bits per heavy atom. The molecule has 0 fully saturated rings. The molecule has 1 unspecified atom stereocenters. The number of oxime groups is 1. The summed E-state index contributed by atoms with van der Waals surface area (Å²) in [7, 11) is 0. The number of nitrogens with one attached hydrogen (secondary N) is 1. The molecule has 0 saturated carbocycles. The van der Waals surface area contributed by atoms with Gasteiger partial charge >= 0.3 is 12.1 Å². The van der Waals surface area contributed by atoms with E-state index in [4.69, 9.17) is 4.84 Å². The molecular weight excluding hydrogens is 389 g/mol. The van der Waals surface area contributed by atoms with Crippen LogP contribution in [0.1, 0.15) is 27.9 Å². The van der Waals surface area contributed by atoms with Gasteiger partial charge in [-0.25, -0.2) is 4.79 Å². The monoisotopic (exact) mass is 406 g/mol. The molecule has 1 atom stereocenters. The quantitative estimate of drug-likeness (QED) is 0.771. The van der Waals surface area contributed by atoms with E-state index in [1.165, 1.54) is 6.07 Å². The Labute approximate surface area is 164 Å². The van der Waals surface area contributed by atoms with Crippen molar-refractivity contribution in [2.45, 2.75) is 24.6 Å². The number of hydrogen-bond acceptors (Lipinski definition) is 4. The van der Waals surface area contributed by atoms with E-state index >= 15 is 0 Å². The minimum absolute atomic E-state index is 0.0555. The number of aliphatic carboxylic acids is 1. The van der Waals surface area contributed by atoms with Crippen LogP contribution in [0.2, 0.25) is 0 Å². The fraction of sp³-hybridized carbons (Fsp3) is 0.250. The third-order valence-electron chi connectivity index (χ3n) is 4.47. The number of hydrogen-bond donors (Lipinski definition) is 2. The first-order chi connectivity index (χ1) is 13.7. The Morgan fingerprint density at radius 1 is 1.14 bits per heavy atom. The molecule has 1 aliphatic rings. The molecule has 6 nitrogen and oxygen atoms in total. The Bertz CT molecular complexity index is 944. The van der Waals surface area contributed by atoms with Gasteiger partial charge in [-0.2, -0.15) is 13.2 Å². The number of benzene rings is 2. The van der Waals surface area contributed by atoms with E-state index in [2.05, 4.69) is 10.5 Å². The second kappa shape index (κ2) is 7.94. The highest BCUT2D eigenvalue weighted by molar-refractivity contribution is 6.00. The number of carbonyl (C=O) groups excluding carboxylic acids is 1. The summed E-state index contributed by atoms with van der Waals surface area (Å²) in [6, 6.07) is 12.9. The summed E-state index contributed by atoms with van der Waals surface area (Å²) in [6.07, 6.45) is -4.53. The predicted molar refractivity (Wildman–Crippen MR) is 97.4 cm³/mol. The fourth-order valence-electron chi connectivity index (χ4n) is 2.97. The lowest BCUT2D eigenvalue weighted by Crippen LogP contribution is -2.42. The van der Waals surface area contributed by atoms with Crippen molar-refractivity contribution in [3.63, 3.8) is 0 Å². The van der Waals surface area contributed by atoms with Gasteiger partial charge < -0.3 is 15.3 Å². The Hall–Kier alpha value is -3.36. The van der Waals surface area contributed by atoms with Crippen molar-refractivity contribution < 1.29 is 32.7 Å². The lowest BCUT2D eigenvalue weighted by Gasteiger charge is -2.21. The summed E-state index contributed by atoms with van der Waals surface area (Å²) in [5.74, 6) is -1.92. The molecule has 1 amide bonds. The second-order valence-electron chi connectivity index (χ2n) is 6.65. The summed E-state index contributed by atoms with van der Waals surface area (Å²) in [4.78, 5) is 29.2. The Morgan fingerprint density at radius 3 is 2.52 bits per heavy atom. The van der Waals surface area contributed by atoms with Gasteiger partial charge in [-0.1, -0.05) is 41.6 Å². The first kappa shape index (κ1) is 20.4. The zero-order chi connectivity index (χ0) is 21.1. The number of halogens is 3. The van der Waals surface area contributed by atoms with Gasteiger partial charge in [-0.3, -0.25) is 4.79 Å². The van der Waals surface area contributed by atoms with Crippen molar-refractivity contribution in [2.24, 2.45) is 5.16 Å². The van der Waals surface area contributed by atoms with Gasteiger partial charge in [0.2, 0.25) is 5.60 Å². The molecule has 0 aromatic heterocycles. The molecule has 9 heteroatoms. The third kappa shape index (κ3) is 4.74. The van der Waals surface area contributed by atoms with Gasteiger partial charge in [0.05, 0.1) is 17.8 Å². The van der Waals surface area contributed by atoms with Crippen LogP contribution in [0.4, 0.5) is 13.2 Å². The summed E-state index contributed by atoms with van der Waals surface area (Å²) < 4.78 is 38.3. The maximum Gasteiger partial charge on any atom is 0.416 e. The zero-order valence-corrected chi connectivity index (χ0v) is 15.1. The van der Waals surface area contributed by atoms with E-state index in [0.29, 0.717) is 0 Å². The van der Waals surface area contributed by atoms with Crippen LogP contribution in [-0.2, 0) is 22.2 Å². The van der Waals surface area contributed by atoms with Crippen LogP contribution in [0.3, 0.4) is 0 Å². The van der Waals surface area contributed by atoms with Crippen molar-refractivity contribution in [1.29, 1.82) is 0 Å². The largest absolute Gasteiger partial charge is 0.478 e. The molecule has 3 rings (SSSR count). The number of alkyl halides is 3. The maximum absolute atomic E-state index is 12.8. The smallest absolute Gasteiger partial charge is 0.416 e. The zero-order valence-electron chi connectivity index (χ0n) is 15.1. The average Bonchev–Trinajstić information content (AvgIpc) is 3.11. The molecule has 1 aliphatic heterocycles. The molecule has 0 spiro atoms. The molecule has 29 heavy (non-hydrogen) atoms. The van der Waals surface area contributed by atoms with Gasteiger partial charge in [-0.05, 0) is 23.8 Å². The fourth-order valence-corrected chi connectivity index (χ4v) is 2.97. The molecule has 1 heterocycles. The van der Waals surface area contributed by atoms with E-state index in [0.717, 1.165) is 23.8 Å². The number of rotatable bonds is 6. The van der Waals surface area contributed by atoms with Crippen molar-refractivity contribution in [3.8, 4) is 0 Å². The minimum atomic E-state index is -4.56. The van der Waals surface area contributed by atoms with Crippen LogP contribution in [0.25, 0.3) is 0 Å². The number of amides is 1. The molecule has 0 saturated heterocycles. The first-order valence-corrected chi connectivity index (χ1v) is 8.66. The standard InChI is InChI=1S/C20H17F3N2O4/c21-20(22,23)15-8-4-7-14(9-15)17(26)24-12-16-11-19(18(27)28,29-25-16)10-13-5-2-1-3-6-13/h1-9H,10-12H2,(H,24,26)(H,27,28). The molecule has 2 N–H and O–H groups in total. The highest BCUT2D eigenvalue weighted by Gasteiger charge is 2.46. The van der Waals surface area contributed by atoms with Crippen molar-refractivity contribution in [1.82, 2.24) is 5.32 Å². The van der Waals surface area contributed by atoms with E-state index in [1.807, 2.05) is 0 Å². The van der Waals surface area contributed by atoms with Crippen molar-refractivity contribution >= 4 is 17.6 Å². The van der Waals surface area contributed by atoms with Gasteiger partial charge in [0.1, 0.15) is 0 Å². The summed E-state index contributed by atoms with van der Waals surface area (Å²) in [5, 5.41) is 15.8. The first-order valence-electron chi connectivity index (χ1n) is 8.66. The normalized spacial score (nSPS) is 18.7. The second-order valence-corrected chi connectivity index (χ2v) is 6.65. The molecule has 0 aliphatic carbocycles. The summed E-state index contributed by atoms with van der Waals surface area (Å²) in [6.45, 7) is -0.140. The van der Waals surface area contributed by atoms with Crippen molar-refractivity contribution in [3.05, 3.63) is 71.3 Å². The van der Waals surface area contributed by atoms with Crippen LogP contribution in [0, 0.1) is 0 Å². The molecule has 2 aromatic rings. The van der Waals surface area contributed by atoms with Gasteiger partial charge in [0, 0.05) is 18.4 Å². The summed E-state index contributed by atoms with van der Waals surface area (Å²) in [5.41, 5.74) is -1.65. The van der Waals surface area contributed by atoms with Gasteiger partial charge in [0.25, 0.3) is 5.91 Å². The van der Waals surface area contributed by atoms with E-state index in [1.54, 1.807) is 30.3 Å². The molecule has 0 bridgehead atoms. The Balaban J connectivity index is 1.63. The van der Waals surface area contributed by atoms with Crippen LogP contribution < -0.4 is 5.32 Å². The van der Waals surface area contributed by atoms with Crippen LogP contribution >= 0.6 is 0 Å². The predicted octanol–water partition coefficient (Wildman–Crippen LogP) is 3.28. The highest BCUT2D eigenvalue weighted by Crippen LogP contribution is 2.30.